The molecule has 0 aliphatic heterocycles. The molecule has 0 unspecified atom stereocenters. The Balaban J connectivity index is 1.88. The summed E-state index contributed by atoms with van der Waals surface area (Å²) in [5.41, 5.74) is 0. The number of hydrogen-bond donors (Lipinski definition) is 2. The summed E-state index contributed by atoms with van der Waals surface area (Å²) in [5.74, 6) is 0.368. The molecule has 0 aliphatic carbocycles. The third kappa shape index (κ3) is 3.93. The molecule has 20 heavy (non-hydrogen) atoms. The zero-order chi connectivity index (χ0) is 14.4. The fraction of sp³-hybridized carbons (Fsp3) is 0.357. The van der Waals surface area contributed by atoms with Crippen LogP contribution in [-0.4, -0.2) is 24.2 Å². The standard InChI is InChI=1S/C14H17NO4S/c1-2-18-9-13(16)15-8-10-5-6-12(20-10)14(17)11-4-3-7-19-11/h3-7,14,17H,2,8-9H2,1H3,(H,15,16)/t14-/m0/s1. The number of rotatable bonds is 7. The van der Waals surface area contributed by atoms with Gasteiger partial charge in [-0.15, -0.1) is 11.3 Å². The zero-order valence-corrected chi connectivity index (χ0v) is 12.0. The Hall–Kier alpha value is -1.63. The van der Waals surface area contributed by atoms with E-state index >= 15 is 0 Å². The molecule has 0 bridgehead atoms. The molecule has 0 saturated carbocycles. The zero-order valence-electron chi connectivity index (χ0n) is 11.2. The fourth-order valence-corrected chi connectivity index (χ4v) is 2.60. The van der Waals surface area contributed by atoms with E-state index in [0.29, 0.717) is 18.9 Å². The maximum atomic E-state index is 11.4. The Bertz CT molecular complexity index is 535. The summed E-state index contributed by atoms with van der Waals surface area (Å²) in [7, 11) is 0. The van der Waals surface area contributed by atoms with Gasteiger partial charge in [-0.25, -0.2) is 0 Å². The van der Waals surface area contributed by atoms with Crippen molar-refractivity contribution in [3.05, 3.63) is 46.0 Å². The average molecular weight is 295 g/mol. The third-order valence-electron chi connectivity index (χ3n) is 2.66. The Morgan fingerprint density at radius 3 is 3.05 bits per heavy atom. The van der Waals surface area contributed by atoms with Gasteiger partial charge in [0, 0.05) is 16.4 Å². The van der Waals surface area contributed by atoms with Crippen LogP contribution >= 0.6 is 11.3 Å². The van der Waals surface area contributed by atoms with Crippen LogP contribution in [0.3, 0.4) is 0 Å². The summed E-state index contributed by atoms with van der Waals surface area (Å²) in [6.07, 6.45) is 0.768. The lowest BCUT2D eigenvalue weighted by Crippen LogP contribution is -2.26. The Morgan fingerprint density at radius 1 is 1.50 bits per heavy atom. The molecule has 6 heteroatoms. The number of furan rings is 1. The van der Waals surface area contributed by atoms with E-state index in [2.05, 4.69) is 5.32 Å². The molecule has 2 N–H and O–H groups in total. The first-order valence-corrected chi connectivity index (χ1v) is 7.17. The van der Waals surface area contributed by atoms with E-state index < -0.39 is 6.10 Å². The van der Waals surface area contributed by atoms with Crippen LogP contribution in [0.25, 0.3) is 0 Å². The van der Waals surface area contributed by atoms with Gasteiger partial charge in [-0.1, -0.05) is 0 Å². The van der Waals surface area contributed by atoms with E-state index in [0.717, 1.165) is 9.75 Å². The van der Waals surface area contributed by atoms with Crippen LogP contribution in [0, 0.1) is 0 Å². The van der Waals surface area contributed by atoms with Crippen molar-refractivity contribution in [1.29, 1.82) is 0 Å². The highest BCUT2D eigenvalue weighted by Gasteiger charge is 2.15. The first-order chi connectivity index (χ1) is 9.70. The number of hydrogen-bond acceptors (Lipinski definition) is 5. The van der Waals surface area contributed by atoms with E-state index in [1.807, 2.05) is 19.1 Å². The summed E-state index contributed by atoms with van der Waals surface area (Å²) in [4.78, 5) is 13.2. The number of aliphatic hydroxyl groups excluding tert-OH is 1. The van der Waals surface area contributed by atoms with Crippen LogP contribution in [0.1, 0.15) is 28.5 Å². The van der Waals surface area contributed by atoms with Crippen LogP contribution < -0.4 is 5.32 Å². The van der Waals surface area contributed by atoms with Crippen molar-refractivity contribution < 1.29 is 19.1 Å². The highest BCUT2D eigenvalue weighted by Crippen LogP contribution is 2.28. The van der Waals surface area contributed by atoms with Crippen LogP contribution in [0.5, 0.6) is 0 Å². The number of aliphatic hydroxyl groups is 1. The largest absolute Gasteiger partial charge is 0.466 e. The lowest BCUT2D eigenvalue weighted by atomic mass is 10.2. The third-order valence-corrected chi connectivity index (χ3v) is 3.80. The second kappa shape index (κ2) is 7.23. The number of ether oxygens (including phenoxy) is 1. The molecular weight excluding hydrogens is 278 g/mol. The van der Waals surface area contributed by atoms with Crippen molar-refractivity contribution in [2.75, 3.05) is 13.2 Å². The van der Waals surface area contributed by atoms with Gasteiger partial charge in [-0.3, -0.25) is 4.79 Å². The molecule has 108 valence electrons. The number of carbonyl (C=O) groups excluding carboxylic acids is 1. The number of amides is 1. The van der Waals surface area contributed by atoms with E-state index in [9.17, 15) is 9.90 Å². The normalized spacial score (nSPS) is 12.3. The van der Waals surface area contributed by atoms with Crippen LogP contribution in [-0.2, 0) is 16.1 Å². The molecule has 2 rings (SSSR count). The molecular formula is C14H17NO4S. The maximum absolute atomic E-state index is 11.4. The monoisotopic (exact) mass is 295 g/mol. The lowest BCUT2D eigenvalue weighted by molar-refractivity contribution is -0.125. The van der Waals surface area contributed by atoms with E-state index in [4.69, 9.17) is 9.15 Å². The molecule has 0 radical (unpaired) electrons. The van der Waals surface area contributed by atoms with Gasteiger partial charge in [0.1, 0.15) is 18.5 Å². The molecule has 0 spiro atoms. The molecule has 5 nitrogen and oxygen atoms in total. The fourth-order valence-electron chi connectivity index (χ4n) is 1.66. The molecule has 1 atom stereocenters. The summed E-state index contributed by atoms with van der Waals surface area (Å²) < 4.78 is 10.2. The minimum absolute atomic E-state index is 0.0732. The van der Waals surface area contributed by atoms with Crippen molar-refractivity contribution in [3.63, 3.8) is 0 Å². The van der Waals surface area contributed by atoms with E-state index in [-0.39, 0.29) is 12.5 Å². The van der Waals surface area contributed by atoms with Crippen LogP contribution in [0.2, 0.25) is 0 Å². The number of carbonyl (C=O) groups is 1. The van der Waals surface area contributed by atoms with Gasteiger partial charge in [-0.2, -0.15) is 0 Å². The van der Waals surface area contributed by atoms with Crippen LogP contribution in [0.15, 0.2) is 34.9 Å². The molecule has 2 heterocycles. The molecule has 0 fully saturated rings. The van der Waals surface area contributed by atoms with Gasteiger partial charge < -0.3 is 19.6 Å². The summed E-state index contributed by atoms with van der Waals surface area (Å²) in [6.45, 7) is 2.87. The second-order valence-corrected chi connectivity index (χ2v) is 5.34. The highest BCUT2D eigenvalue weighted by atomic mass is 32.1. The van der Waals surface area contributed by atoms with Crippen molar-refractivity contribution in [2.24, 2.45) is 0 Å². The Kier molecular flexibility index (Phi) is 5.34. The predicted molar refractivity (Wildman–Crippen MR) is 75.4 cm³/mol. The second-order valence-electron chi connectivity index (χ2n) is 4.14. The van der Waals surface area contributed by atoms with Gasteiger partial charge in [0.2, 0.25) is 5.91 Å². The summed E-state index contributed by atoms with van der Waals surface area (Å²) in [6, 6.07) is 7.18. The van der Waals surface area contributed by atoms with Crippen molar-refractivity contribution in [3.8, 4) is 0 Å². The van der Waals surface area contributed by atoms with Crippen molar-refractivity contribution in [1.82, 2.24) is 5.32 Å². The molecule has 2 aromatic heterocycles. The van der Waals surface area contributed by atoms with Gasteiger partial charge in [-0.05, 0) is 31.2 Å². The number of nitrogens with one attached hydrogen (secondary N) is 1. The molecule has 0 aliphatic rings. The van der Waals surface area contributed by atoms with E-state index in [1.165, 1.54) is 17.6 Å². The molecule has 1 amide bonds. The van der Waals surface area contributed by atoms with Gasteiger partial charge in [0.25, 0.3) is 0 Å². The maximum Gasteiger partial charge on any atom is 0.246 e. The highest BCUT2D eigenvalue weighted by molar-refractivity contribution is 7.12. The van der Waals surface area contributed by atoms with Gasteiger partial charge >= 0.3 is 0 Å². The lowest BCUT2D eigenvalue weighted by Gasteiger charge is -2.05. The first kappa shape index (κ1) is 14.8. The SMILES string of the molecule is CCOCC(=O)NCc1ccc([C@@H](O)c2ccco2)s1. The van der Waals surface area contributed by atoms with Gasteiger partial charge in [0.05, 0.1) is 12.8 Å². The predicted octanol–water partition coefficient (Wildman–Crippen LogP) is 2.08. The molecule has 2 aromatic rings. The summed E-state index contributed by atoms with van der Waals surface area (Å²) in [5, 5.41) is 12.9. The minimum Gasteiger partial charge on any atom is -0.466 e. The summed E-state index contributed by atoms with van der Waals surface area (Å²) >= 11 is 1.44. The average Bonchev–Trinajstić information content (AvgIpc) is 3.12. The molecule has 0 aromatic carbocycles. The molecule has 0 saturated heterocycles. The Labute approximate surface area is 121 Å². The van der Waals surface area contributed by atoms with Crippen molar-refractivity contribution >= 4 is 17.2 Å². The minimum atomic E-state index is -0.761. The first-order valence-electron chi connectivity index (χ1n) is 6.35. The smallest absolute Gasteiger partial charge is 0.246 e. The quantitative estimate of drug-likeness (QED) is 0.820. The Morgan fingerprint density at radius 2 is 2.35 bits per heavy atom. The topological polar surface area (TPSA) is 71.7 Å². The van der Waals surface area contributed by atoms with E-state index in [1.54, 1.807) is 12.1 Å². The van der Waals surface area contributed by atoms with Crippen molar-refractivity contribution in [2.45, 2.75) is 19.6 Å². The van der Waals surface area contributed by atoms with Crippen LogP contribution in [0.4, 0.5) is 0 Å². The number of thiophene rings is 1. The van der Waals surface area contributed by atoms with Gasteiger partial charge in [0.15, 0.2) is 0 Å².